The van der Waals surface area contributed by atoms with Gasteiger partial charge in [-0.3, -0.25) is 9.69 Å². The lowest BCUT2D eigenvalue weighted by atomic mass is 9.85. The lowest BCUT2D eigenvalue weighted by molar-refractivity contribution is -0.152. The number of alkyl carbamates (subject to hydrolysis) is 1. The highest BCUT2D eigenvalue weighted by Gasteiger charge is 2.47. The van der Waals surface area contributed by atoms with Gasteiger partial charge in [0, 0.05) is 13.0 Å². The molecule has 1 fully saturated rings. The van der Waals surface area contributed by atoms with Crippen LogP contribution >= 0.6 is 0 Å². The second-order valence-electron chi connectivity index (χ2n) is 10.7. The zero-order valence-electron chi connectivity index (χ0n) is 21.8. The van der Waals surface area contributed by atoms with Crippen molar-refractivity contribution in [2.75, 3.05) is 20.3 Å². The van der Waals surface area contributed by atoms with Crippen molar-refractivity contribution in [1.29, 1.82) is 0 Å². The Balaban J connectivity index is 1.62. The van der Waals surface area contributed by atoms with E-state index in [1.807, 2.05) is 51.1 Å². The van der Waals surface area contributed by atoms with Crippen molar-refractivity contribution in [1.82, 2.24) is 15.1 Å². The Morgan fingerprint density at radius 3 is 2.68 bits per heavy atom. The number of ether oxygens (including phenoxy) is 3. The average molecular weight is 514 g/mol. The van der Waals surface area contributed by atoms with Crippen molar-refractivity contribution in [2.45, 2.75) is 71.3 Å². The van der Waals surface area contributed by atoms with Crippen molar-refractivity contribution in [3.05, 3.63) is 41.0 Å². The van der Waals surface area contributed by atoms with Gasteiger partial charge >= 0.3 is 18.2 Å². The number of fused-ring (bicyclic) bond motifs is 3. The van der Waals surface area contributed by atoms with Gasteiger partial charge in [-0.15, -0.1) is 0 Å². The van der Waals surface area contributed by atoms with E-state index in [4.69, 9.17) is 14.2 Å². The van der Waals surface area contributed by atoms with Crippen LogP contribution in [0.4, 0.5) is 9.59 Å². The fraction of sp³-hybridized carbons (Fsp3) is 0.556. The second kappa shape index (κ2) is 10.8. The molecule has 37 heavy (non-hydrogen) atoms. The van der Waals surface area contributed by atoms with Crippen LogP contribution in [0.3, 0.4) is 0 Å². The molecule has 3 atom stereocenters. The fourth-order valence-corrected chi connectivity index (χ4v) is 4.99. The summed E-state index contributed by atoms with van der Waals surface area (Å²) in [7, 11) is 1.25. The minimum Gasteiger partial charge on any atom is -0.467 e. The lowest BCUT2D eigenvalue weighted by Crippen LogP contribution is -2.57. The van der Waals surface area contributed by atoms with Crippen LogP contribution in [0, 0.1) is 5.41 Å². The molecule has 1 N–H and O–H groups in total. The van der Waals surface area contributed by atoms with E-state index in [1.54, 1.807) is 4.90 Å². The fourth-order valence-electron chi connectivity index (χ4n) is 4.99. The van der Waals surface area contributed by atoms with Crippen LogP contribution in [-0.2, 0) is 36.9 Å². The lowest BCUT2D eigenvalue weighted by Gasteiger charge is -2.34. The number of amides is 3. The molecule has 10 nitrogen and oxygen atoms in total. The summed E-state index contributed by atoms with van der Waals surface area (Å²) in [5.74, 6) is -1.06. The molecule has 0 saturated carbocycles. The first kappa shape index (κ1) is 26.5. The molecular weight excluding hydrogens is 478 g/mol. The minimum atomic E-state index is -0.964. The summed E-state index contributed by atoms with van der Waals surface area (Å²) in [5, 5.41) is 2.68. The predicted molar refractivity (Wildman–Crippen MR) is 134 cm³/mol. The highest BCUT2D eigenvalue weighted by atomic mass is 16.6. The van der Waals surface area contributed by atoms with Crippen LogP contribution in [0.5, 0.6) is 0 Å². The third-order valence-electron chi connectivity index (χ3n) is 6.99. The van der Waals surface area contributed by atoms with E-state index in [0.29, 0.717) is 25.9 Å². The molecule has 4 rings (SSSR count). The summed E-state index contributed by atoms with van der Waals surface area (Å²) in [6.45, 7) is 6.50. The zero-order valence-corrected chi connectivity index (χ0v) is 21.8. The van der Waals surface area contributed by atoms with Crippen LogP contribution < -0.4 is 5.32 Å². The summed E-state index contributed by atoms with van der Waals surface area (Å²) >= 11 is 0. The molecule has 0 aliphatic carbocycles. The Bertz CT molecular complexity index is 1090. The van der Waals surface area contributed by atoms with Crippen LogP contribution in [0.25, 0.3) is 6.08 Å². The summed E-state index contributed by atoms with van der Waals surface area (Å²) in [6.07, 6.45) is 3.56. The summed E-state index contributed by atoms with van der Waals surface area (Å²) in [6, 6.07) is 4.06. The first-order valence-electron chi connectivity index (χ1n) is 12.6. The molecule has 3 aliphatic heterocycles. The number of hydrogen-bond acceptors (Lipinski definition) is 7. The molecule has 1 saturated heterocycles. The molecule has 0 spiro atoms. The molecule has 0 aromatic heterocycles. The van der Waals surface area contributed by atoms with E-state index in [-0.39, 0.29) is 19.6 Å². The Labute approximate surface area is 216 Å². The smallest absolute Gasteiger partial charge is 0.410 e. The minimum absolute atomic E-state index is 0.0163. The van der Waals surface area contributed by atoms with Crippen molar-refractivity contribution in [3.8, 4) is 0 Å². The number of rotatable bonds is 1. The van der Waals surface area contributed by atoms with Gasteiger partial charge in [0.1, 0.15) is 18.2 Å². The number of carbonyl (C=O) groups is 4. The number of allylic oxidation sites excluding steroid dienone is 1. The van der Waals surface area contributed by atoms with E-state index in [0.717, 1.165) is 16.7 Å². The third kappa shape index (κ3) is 5.89. The molecule has 200 valence electrons. The van der Waals surface area contributed by atoms with Gasteiger partial charge in [-0.05, 0) is 34.9 Å². The maximum Gasteiger partial charge on any atom is 0.410 e. The summed E-state index contributed by atoms with van der Waals surface area (Å²) in [5.41, 5.74) is 2.47. The van der Waals surface area contributed by atoms with E-state index in [2.05, 4.69) is 5.32 Å². The van der Waals surface area contributed by atoms with Crippen LogP contribution in [-0.4, -0.2) is 72.3 Å². The zero-order chi connectivity index (χ0) is 26.7. The molecule has 0 radical (unpaired) electrons. The summed E-state index contributed by atoms with van der Waals surface area (Å²) < 4.78 is 16.1. The molecule has 3 amide bonds. The first-order chi connectivity index (χ1) is 17.6. The third-order valence-corrected chi connectivity index (χ3v) is 6.99. The predicted octanol–water partition coefficient (Wildman–Crippen LogP) is 3.23. The van der Waals surface area contributed by atoms with Gasteiger partial charge in [0.05, 0.1) is 26.8 Å². The number of nitrogens with one attached hydrogen (secondary N) is 1. The van der Waals surface area contributed by atoms with Gasteiger partial charge < -0.3 is 24.4 Å². The van der Waals surface area contributed by atoms with E-state index in [9.17, 15) is 19.2 Å². The van der Waals surface area contributed by atoms with Crippen molar-refractivity contribution >= 4 is 30.1 Å². The average Bonchev–Trinajstić information content (AvgIpc) is 3.47. The Hall–Kier alpha value is -3.56. The van der Waals surface area contributed by atoms with E-state index < -0.39 is 47.7 Å². The van der Waals surface area contributed by atoms with Gasteiger partial charge in [-0.2, -0.15) is 0 Å². The maximum absolute atomic E-state index is 13.7. The normalized spacial score (nSPS) is 25.8. The van der Waals surface area contributed by atoms with Gasteiger partial charge in [0.2, 0.25) is 5.91 Å². The van der Waals surface area contributed by atoms with Gasteiger partial charge in [0.15, 0.2) is 0 Å². The monoisotopic (exact) mass is 513 g/mol. The van der Waals surface area contributed by atoms with Crippen LogP contribution in [0.2, 0.25) is 0 Å². The quantitative estimate of drug-likeness (QED) is 0.453. The number of nitrogens with zero attached hydrogens (tertiary/aromatic N) is 2. The number of carbonyl (C=O) groups excluding carboxylic acids is 4. The van der Waals surface area contributed by atoms with Gasteiger partial charge in [-0.1, -0.05) is 51.1 Å². The molecule has 10 heteroatoms. The topological polar surface area (TPSA) is 114 Å². The van der Waals surface area contributed by atoms with Crippen molar-refractivity contribution in [2.24, 2.45) is 5.41 Å². The molecule has 3 heterocycles. The number of esters is 1. The van der Waals surface area contributed by atoms with Crippen LogP contribution in [0.1, 0.15) is 56.7 Å². The first-order valence-corrected chi connectivity index (χ1v) is 12.6. The highest BCUT2D eigenvalue weighted by molar-refractivity contribution is 5.91. The standard InChI is InChI=1S/C27H35N3O7/c1-27(2,3)22-23(31)30-15-19(13-21(30)24(32)35-4)37-26(34)29-14-18-11-8-10-17(20(18)16-29)9-6-5-7-12-36-25(33)28-22/h6,8-11,19,21-22H,5,7,12-16H2,1-4H3,(H,28,33)/b9-6+/t19-,21?,22-/m1/s1. The highest BCUT2D eigenvalue weighted by Crippen LogP contribution is 2.31. The van der Waals surface area contributed by atoms with Crippen LogP contribution in [0.15, 0.2) is 24.3 Å². The molecular formula is C27H35N3O7. The number of cyclic esters (lactones) is 1. The molecule has 4 bridgehead atoms. The molecule has 1 unspecified atom stereocenters. The maximum atomic E-state index is 13.7. The Kier molecular flexibility index (Phi) is 7.75. The van der Waals surface area contributed by atoms with E-state index in [1.165, 1.54) is 12.0 Å². The Morgan fingerprint density at radius 1 is 1.16 bits per heavy atom. The second-order valence-corrected chi connectivity index (χ2v) is 10.7. The Morgan fingerprint density at radius 2 is 1.95 bits per heavy atom. The summed E-state index contributed by atoms with van der Waals surface area (Å²) in [4.78, 5) is 54.9. The molecule has 3 aliphatic rings. The number of methoxy groups -OCH3 is 1. The largest absolute Gasteiger partial charge is 0.467 e. The molecule has 1 aromatic carbocycles. The number of hydrogen-bond donors (Lipinski definition) is 1. The number of benzene rings is 1. The van der Waals surface area contributed by atoms with Gasteiger partial charge in [0.25, 0.3) is 0 Å². The SMILES string of the molecule is COC(=O)C1C[C@@H]2CN1C(=O)[C@H](C(C)(C)C)NC(=O)OCCC/C=C/c1cccc3c1CN(C3)C(=O)O2. The van der Waals surface area contributed by atoms with Crippen molar-refractivity contribution in [3.63, 3.8) is 0 Å². The van der Waals surface area contributed by atoms with Crippen molar-refractivity contribution < 1.29 is 33.4 Å². The van der Waals surface area contributed by atoms with Gasteiger partial charge in [-0.25, -0.2) is 14.4 Å². The van der Waals surface area contributed by atoms with E-state index >= 15 is 0 Å². The molecule has 1 aromatic rings.